The van der Waals surface area contributed by atoms with Crippen molar-refractivity contribution in [2.75, 3.05) is 25.7 Å². The molecule has 0 saturated carbocycles. The first-order valence-corrected chi connectivity index (χ1v) is 7.87. The minimum atomic E-state index is -0.359. The van der Waals surface area contributed by atoms with Crippen molar-refractivity contribution in [3.8, 4) is 11.5 Å². The van der Waals surface area contributed by atoms with Crippen molar-refractivity contribution >= 4 is 17.6 Å². The second-order valence-electron chi connectivity index (χ2n) is 5.55. The molecule has 2 heterocycles. The van der Waals surface area contributed by atoms with Gasteiger partial charge in [-0.3, -0.25) is 19.6 Å². The molecule has 0 radical (unpaired) electrons. The molecule has 0 bridgehead atoms. The number of pyridine rings is 1. The molecule has 130 valence electrons. The van der Waals surface area contributed by atoms with Crippen LogP contribution in [0.1, 0.15) is 12.0 Å². The summed E-state index contributed by atoms with van der Waals surface area (Å²) in [4.78, 5) is 31.9. The summed E-state index contributed by atoms with van der Waals surface area (Å²) in [6.07, 6.45) is 3.52. The average molecular weight is 341 g/mol. The van der Waals surface area contributed by atoms with Gasteiger partial charge in [0.15, 0.2) is 0 Å². The van der Waals surface area contributed by atoms with E-state index in [1.54, 1.807) is 61.8 Å². The predicted molar refractivity (Wildman–Crippen MR) is 91.7 cm³/mol. The molecule has 1 aliphatic heterocycles. The van der Waals surface area contributed by atoms with Gasteiger partial charge in [-0.25, -0.2) is 4.79 Å². The van der Waals surface area contributed by atoms with Crippen molar-refractivity contribution in [3.05, 3.63) is 48.3 Å². The number of hydrogen-bond donors (Lipinski definition) is 0. The van der Waals surface area contributed by atoms with E-state index in [-0.39, 0.29) is 24.9 Å². The van der Waals surface area contributed by atoms with Gasteiger partial charge in [-0.05, 0) is 24.3 Å². The topological polar surface area (TPSA) is 72.0 Å². The number of carbonyl (C=O) groups is 2. The number of carbonyl (C=O) groups excluding carboxylic acids is 2. The summed E-state index contributed by atoms with van der Waals surface area (Å²) >= 11 is 0. The molecule has 0 N–H and O–H groups in total. The molecule has 3 rings (SSSR count). The Hall–Kier alpha value is -3.09. The first-order valence-electron chi connectivity index (χ1n) is 7.87. The van der Waals surface area contributed by atoms with Gasteiger partial charge in [0, 0.05) is 30.8 Å². The minimum Gasteiger partial charge on any atom is -0.497 e. The summed E-state index contributed by atoms with van der Waals surface area (Å²) in [5.41, 5.74) is 1.41. The molecule has 1 saturated heterocycles. The van der Waals surface area contributed by atoms with E-state index in [4.69, 9.17) is 9.47 Å². The predicted octanol–water partition coefficient (Wildman–Crippen LogP) is 2.46. The lowest BCUT2D eigenvalue weighted by Crippen LogP contribution is -2.52. The third-order valence-corrected chi connectivity index (χ3v) is 4.09. The molecule has 1 aromatic heterocycles. The Bertz CT molecular complexity index is 779. The molecule has 1 aromatic carbocycles. The van der Waals surface area contributed by atoms with Crippen LogP contribution in [0.25, 0.3) is 0 Å². The van der Waals surface area contributed by atoms with Crippen molar-refractivity contribution in [2.24, 2.45) is 0 Å². The molecular weight excluding hydrogens is 322 g/mol. The van der Waals surface area contributed by atoms with Crippen LogP contribution in [0.4, 0.5) is 10.5 Å². The SMILES string of the molecule is COc1ccc(CN2C(=O)CCN(c3cccnc3)C2=O)c(OC)c1. The third kappa shape index (κ3) is 3.40. The van der Waals surface area contributed by atoms with Crippen LogP contribution in [-0.2, 0) is 11.3 Å². The molecule has 0 aliphatic carbocycles. The molecule has 2 aromatic rings. The van der Waals surface area contributed by atoms with Crippen molar-refractivity contribution < 1.29 is 19.1 Å². The van der Waals surface area contributed by atoms with Crippen LogP contribution in [0.5, 0.6) is 11.5 Å². The van der Waals surface area contributed by atoms with Crippen LogP contribution in [0.3, 0.4) is 0 Å². The number of methoxy groups -OCH3 is 2. The number of imide groups is 1. The van der Waals surface area contributed by atoms with Gasteiger partial charge in [-0.15, -0.1) is 0 Å². The second kappa shape index (κ2) is 7.21. The Morgan fingerprint density at radius 3 is 2.68 bits per heavy atom. The van der Waals surface area contributed by atoms with Crippen LogP contribution >= 0.6 is 0 Å². The number of nitrogens with zero attached hydrogens (tertiary/aromatic N) is 3. The van der Waals surface area contributed by atoms with E-state index in [1.165, 1.54) is 4.90 Å². The molecule has 25 heavy (non-hydrogen) atoms. The Labute approximate surface area is 145 Å². The fraction of sp³-hybridized carbons (Fsp3) is 0.278. The molecule has 3 amide bonds. The van der Waals surface area contributed by atoms with Crippen LogP contribution < -0.4 is 14.4 Å². The van der Waals surface area contributed by atoms with E-state index < -0.39 is 0 Å². The second-order valence-corrected chi connectivity index (χ2v) is 5.55. The molecule has 1 fully saturated rings. The highest BCUT2D eigenvalue weighted by Gasteiger charge is 2.33. The lowest BCUT2D eigenvalue weighted by molar-refractivity contribution is -0.129. The Balaban J connectivity index is 1.85. The van der Waals surface area contributed by atoms with Crippen molar-refractivity contribution in [1.82, 2.24) is 9.88 Å². The van der Waals surface area contributed by atoms with E-state index in [0.29, 0.717) is 23.7 Å². The maximum atomic E-state index is 12.8. The maximum absolute atomic E-state index is 12.8. The van der Waals surface area contributed by atoms with E-state index in [9.17, 15) is 9.59 Å². The summed E-state index contributed by atoms with van der Waals surface area (Å²) in [5.74, 6) is 1.01. The number of amides is 3. The van der Waals surface area contributed by atoms with Crippen LogP contribution in [0, 0.1) is 0 Å². The number of hydrogen-bond acceptors (Lipinski definition) is 5. The zero-order valence-corrected chi connectivity index (χ0v) is 14.1. The fourth-order valence-electron chi connectivity index (χ4n) is 2.75. The molecule has 0 spiro atoms. The highest BCUT2D eigenvalue weighted by molar-refractivity contribution is 6.05. The average Bonchev–Trinajstić information content (AvgIpc) is 2.66. The van der Waals surface area contributed by atoms with Gasteiger partial charge in [0.1, 0.15) is 11.5 Å². The minimum absolute atomic E-state index is 0.140. The van der Waals surface area contributed by atoms with Crippen molar-refractivity contribution in [3.63, 3.8) is 0 Å². The van der Waals surface area contributed by atoms with Gasteiger partial charge >= 0.3 is 6.03 Å². The quantitative estimate of drug-likeness (QED) is 0.835. The van der Waals surface area contributed by atoms with Gasteiger partial charge < -0.3 is 9.47 Å². The lowest BCUT2D eigenvalue weighted by atomic mass is 10.1. The largest absolute Gasteiger partial charge is 0.497 e. The Morgan fingerprint density at radius 1 is 1.16 bits per heavy atom. The first-order chi connectivity index (χ1) is 12.1. The summed E-state index contributed by atoms with van der Waals surface area (Å²) in [6.45, 7) is 0.487. The van der Waals surface area contributed by atoms with Crippen LogP contribution in [0.2, 0.25) is 0 Å². The number of ether oxygens (including phenoxy) is 2. The number of rotatable bonds is 5. The molecule has 0 atom stereocenters. The zero-order valence-electron chi connectivity index (χ0n) is 14.1. The fourth-order valence-corrected chi connectivity index (χ4v) is 2.75. The zero-order chi connectivity index (χ0) is 17.8. The highest BCUT2D eigenvalue weighted by Crippen LogP contribution is 2.28. The van der Waals surface area contributed by atoms with Crippen LogP contribution in [-0.4, -0.2) is 42.6 Å². The normalized spacial score (nSPS) is 14.6. The van der Waals surface area contributed by atoms with Crippen LogP contribution in [0.15, 0.2) is 42.7 Å². The first kappa shape index (κ1) is 16.8. The highest BCUT2D eigenvalue weighted by atomic mass is 16.5. The number of benzene rings is 1. The van der Waals surface area contributed by atoms with E-state index >= 15 is 0 Å². The van der Waals surface area contributed by atoms with Gasteiger partial charge in [-0.1, -0.05) is 0 Å². The smallest absolute Gasteiger partial charge is 0.331 e. The lowest BCUT2D eigenvalue weighted by Gasteiger charge is -2.34. The third-order valence-electron chi connectivity index (χ3n) is 4.09. The molecule has 1 aliphatic rings. The Kier molecular flexibility index (Phi) is 4.83. The molecule has 0 unspecified atom stereocenters. The van der Waals surface area contributed by atoms with E-state index in [2.05, 4.69) is 4.98 Å². The number of aromatic nitrogens is 1. The van der Waals surface area contributed by atoms with E-state index in [1.807, 2.05) is 0 Å². The van der Waals surface area contributed by atoms with Gasteiger partial charge in [-0.2, -0.15) is 0 Å². The Morgan fingerprint density at radius 2 is 2.00 bits per heavy atom. The van der Waals surface area contributed by atoms with Gasteiger partial charge in [0.25, 0.3) is 0 Å². The summed E-state index contributed by atoms with van der Waals surface area (Å²) < 4.78 is 10.5. The van der Waals surface area contributed by atoms with E-state index in [0.717, 1.165) is 5.56 Å². The standard InChI is InChI=1S/C18H19N3O4/c1-24-15-6-5-13(16(10-15)25-2)12-21-17(22)7-9-20(18(21)23)14-4-3-8-19-11-14/h3-6,8,10-11H,7,9,12H2,1-2H3. The summed E-state index contributed by atoms with van der Waals surface area (Å²) in [7, 11) is 3.11. The number of anilines is 1. The molecular formula is C18H19N3O4. The van der Waals surface area contributed by atoms with Gasteiger partial charge in [0.05, 0.1) is 32.6 Å². The van der Waals surface area contributed by atoms with Crippen molar-refractivity contribution in [2.45, 2.75) is 13.0 Å². The number of urea groups is 1. The van der Waals surface area contributed by atoms with Crippen molar-refractivity contribution in [1.29, 1.82) is 0 Å². The monoisotopic (exact) mass is 341 g/mol. The molecule has 7 heteroatoms. The van der Waals surface area contributed by atoms with Gasteiger partial charge in [0.2, 0.25) is 5.91 Å². The summed E-state index contributed by atoms with van der Waals surface area (Å²) in [5, 5.41) is 0. The molecule has 7 nitrogen and oxygen atoms in total. The summed E-state index contributed by atoms with van der Waals surface area (Å²) in [6, 6.07) is 8.49. The maximum Gasteiger partial charge on any atom is 0.331 e.